The Morgan fingerprint density at radius 3 is 1.38 bits per heavy atom. The molecule has 13 heavy (non-hydrogen) atoms. The van der Waals surface area contributed by atoms with Gasteiger partial charge in [-0.15, -0.1) is 0 Å². The molecule has 0 bridgehead atoms. The Hall–Kier alpha value is -0.572. The fraction of sp³-hybridized carbons (Fsp3) is 0.250. The average molecular weight is 354 g/mol. The van der Waals surface area contributed by atoms with Gasteiger partial charge in [0.1, 0.15) is 0 Å². The summed E-state index contributed by atoms with van der Waals surface area (Å²) in [4.78, 5) is 0. The van der Waals surface area contributed by atoms with Crippen molar-refractivity contribution in [3.8, 4) is 11.5 Å². The summed E-state index contributed by atoms with van der Waals surface area (Å²) in [5, 5.41) is 17.3. The third kappa shape index (κ3) is 7.78. The molecule has 0 fully saturated rings. The van der Waals surface area contributed by atoms with Gasteiger partial charge in [0.25, 0.3) is 0 Å². The van der Waals surface area contributed by atoms with Gasteiger partial charge >= 0.3 is 0 Å². The molecule has 5 heteroatoms. The van der Waals surface area contributed by atoms with Crippen molar-refractivity contribution < 1.29 is 31.3 Å². The van der Waals surface area contributed by atoms with Crippen LogP contribution in [0.3, 0.4) is 0 Å². The molecule has 0 heterocycles. The number of phenolic OH excluding ortho intramolecular Hbond substituents is 2. The minimum absolute atomic E-state index is 0. The van der Waals surface area contributed by atoms with Gasteiger partial charge in [-0.3, -0.25) is 0 Å². The van der Waals surface area contributed by atoms with Gasteiger partial charge in [-0.25, -0.2) is 0 Å². The van der Waals surface area contributed by atoms with Gasteiger partial charge in [0, 0.05) is 34.2 Å². The summed E-state index contributed by atoms with van der Waals surface area (Å²) in [6.45, 7) is 1.19. The van der Waals surface area contributed by atoms with Crippen molar-refractivity contribution in [1.29, 1.82) is 0 Å². The molecule has 0 spiro atoms. The van der Waals surface area contributed by atoms with E-state index in [9.17, 15) is 0 Å². The number of phenols is 2. The van der Waals surface area contributed by atoms with E-state index in [4.69, 9.17) is 21.7 Å². The second-order valence-corrected chi connectivity index (χ2v) is 2.07. The molecule has 1 rings (SSSR count). The van der Waals surface area contributed by atoms with Crippen LogP contribution >= 0.6 is 0 Å². The molecule has 0 aromatic heterocycles. The van der Waals surface area contributed by atoms with Crippen molar-refractivity contribution in [2.45, 2.75) is 0 Å². The van der Waals surface area contributed by atoms with Gasteiger partial charge < -0.3 is 21.7 Å². The molecule has 0 aliphatic heterocycles. The predicted molar refractivity (Wildman–Crippen MR) is 47.9 cm³/mol. The van der Waals surface area contributed by atoms with Crippen LogP contribution in [0.5, 0.6) is 11.5 Å². The van der Waals surface area contributed by atoms with Crippen molar-refractivity contribution in [2.24, 2.45) is 11.5 Å². The first-order chi connectivity index (χ1) is 5.72. The van der Waals surface area contributed by atoms with Crippen LogP contribution in [0.4, 0.5) is 0 Å². The summed E-state index contributed by atoms with van der Waals surface area (Å²) in [5.41, 5.74) is 9.81. The van der Waals surface area contributed by atoms with Crippen molar-refractivity contribution in [3.05, 3.63) is 24.3 Å². The van der Waals surface area contributed by atoms with E-state index in [0.29, 0.717) is 13.1 Å². The molecule has 6 N–H and O–H groups in total. The molecule has 1 aromatic carbocycles. The van der Waals surface area contributed by atoms with Gasteiger partial charge in [-0.1, -0.05) is 12.1 Å². The number of aromatic hydroxyl groups is 2. The SMILES string of the molecule is NCCN.Oc1ccccc1O.[W]. The third-order valence-electron chi connectivity index (χ3n) is 1.05. The Kier molecular flexibility index (Phi) is 10.9. The van der Waals surface area contributed by atoms with E-state index in [1.807, 2.05) is 0 Å². The molecule has 0 unspecified atom stereocenters. The third-order valence-corrected chi connectivity index (χ3v) is 1.05. The van der Waals surface area contributed by atoms with Crippen molar-refractivity contribution in [3.63, 3.8) is 0 Å². The maximum absolute atomic E-state index is 8.67. The second-order valence-electron chi connectivity index (χ2n) is 2.07. The van der Waals surface area contributed by atoms with Gasteiger partial charge in [-0.2, -0.15) is 0 Å². The number of hydrogen-bond donors (Lipinski definition) is 4. The zero-order valence-electron chi connectivity index (χ0n) is 7.18. The maximum atomic E-state index is 8.67. The summed E-state index contributed by atoms with van der Waals surface area (Å²) in [5.74, 6) is -0.153. The molecule has 0 aliphatic carbocycles. The fourth-order valence-corrected chi connectivity index (χ4v) is 0.464. The van der Waals surface area contributed by atoms with Crippen molar-refractivity contribution in [2.75, 3.05) is 13.1 Å². The first-order valence-electron chi connectivity index (χ1n) is 3.59. The zero-order valence-corrected chi connectivity index (χ0v) is 10.1. The van der Waals surface area contributed by atoms with Crippen LogP contribution in [-0.4, -0.2) is 23.3 Å². The van der Waals surface area contributed by atoms with Crippen LogP contribution in [0.15, 0.2) is 24.3 Å². The number of hydrogen-bond acceptors (Lipinski definition) is 4. The Bertz CT molecular complexity index is 198. The average Bonchev–Trinajstić information content (AvgIpc) is 2.11. The van der Waals surface area contributed by atoms with Crippen LogP contribution < -0.4 is 11.5 Å². The van der Waals surface area contributed by atoms with Crippen molar-refractivity contribution in [1.82, 2.24) is 0 Å². The molecule has 0 saturated carbocycles. The normalized spacial score (nSPS) is 7.85. The van der Waals surface area contributed by atoms with E-state index < -0.39 is 0 Å². The standard InChI is InChI=1S/C6H6O2.C2H8N2.W/c7-5-3-1-2-4-6(5)8;3-1-2-4;/h1-4,7-8H;1-4H2;. The Morgan fingerprint density at radius 1 is 0.923 bits per heavy atom. The molecule has 1 aromatic rings. The molecular weight excluding hydrogens is 340 g/mol. The van der Waals surface area contributed by atoms with E-state index in [1.54, 1.807) is 12.1 Å². The molecule has 0 saturated heterocycles. The molecule has 0 radical (unpaired) electrons. The molecular formula is C8H14N2O2W. The minimum atomic E-state index is -0.0764. The fourth-order valence-electron chi connectivity index (χ4n) is 0.464. The van der Waals surface area contributed by atoms with E-state index >= 15 is 0 Å². The van der Waals surface area contributed by atoms with Crippen LogP contribution in [0.2, 0.25) is 0 Å². The first kappa shape index (κ1) is 14.9. The maximum Gasteiger partial charge on any atom is 0.157 e. The van der Waals surface area contributed by atoms with Crippen molar-refractivity contribution >= 4 is 0 Å². The molecule has 0 amide bonds. The molecule has 0 aliphatic rings. The summed E-state index contributed by atoms with van der Waals surface area (Å²) < 4.78 is 0. The number of rotatable bonds is 1. The van der Waals surface area contributed by atoms with Crippen LogP contribution in [0.1, 0.15) is 0 Å². The first-order valence-corrected chi connectivity index (χ1v) is 3.59. The second kappa shape index (κ2) is 9.52. The monoisotopic (exact) mass is 354 g/mol. The van der Waals surface area contributed by atoms with Crippen LogP contribution in [0, 0.1) is 0 Å². The summed E-state index contributed by atoms with van der Waals surface area (Å²) in [6.07, 6.45) is 0. The van der Waals surface area contributed by atoms with Gasteiger partial charge in [0.15, 0.2) is 11.5 Å². The van der Waals surface area contributed by atoms with Gasteiger partial charge in [0.2, 0.25) is 0 Å². The smallest absolute Gasteiger partial charge is 0.157 e. The quantitative estimate of drug-likeness (QED) is 0.535. The molecule has 0 atom stereocenters. The number of benzene rings is 1. The molecule has 4 nitrogen and oxygen atoms in total. The minimum Gasteiger partial charge on any atom is -0.504 e. The molecule has 74 valence electrons. The van der Waals surface area contributed by atoms with Gasteiger partial charge in [-0.05, 0) is 12.1 Å². The predicted octanol–water partition coefficient (Wildman–Crippen LogP) is -0.000900. The van der Waals surface area contributed by atoms with Crippen LogP contribution in [-0.2, 0) is 21.1 Å². The Balaban J connectivity index is 0. The van der Waals surface area contributed by atoms with E-state index in [1.165, 1.54) is 12.1 Å². The van der Waals surface area contributed by atoms with Crippen LogP contribution in [0.25, 0.3) is 0 Å². The van der Waals surface area contributed by atoms with Gasteiger partial charge in [0.05, 0.1) is 0 Å². The summed E-state index contributed by atoms with van der Waals surface area (Å²) >= 11 is 0. The van der Waals surface area contributed by atoms with E-state index in [2.05, 4.69) is 0 Å². The number of nitrogens with two attached hydrogens (primary N) is 2. The van der Waals surface area contributed by atoms with E-state index in [0.717, 1.165) is 0 Å². The number of para-hydroxylation sites is 2. The Morgan fingerprint density at radius 2 is 1.23 bits per heavy atom. The largest absolute Gasteiger partial charge is 0.504 e. The topological polar surface area (TPSA) is 92.5 Å². The Labute approximate surface area is 91.8 Å². The summed E-state index contributed by atoms with van der Waals surface area (Å²) in [6, 6.07) is 6.15. The zero-order chi connectivity index (χ0) is 9.40. The van der Waals surface area contributed by atoms with E-state index in [-0.39, 0.29) is 32.6 Å². The summed E-state index contributed by atoms with van der Waals surface area (Å²) in [7, 11) is 0.